The molecule has 0 atom stereocenters. The van der Waals surface area contributed by atoms with Crippen LogP contribution in [0.2, 0.25) is 5.02 Å². The van der Waals surface area contributed by atoms with Gasteiger partial charge < -0.3 is 10.0 Å². The van der Waals surface area contributed by atoms with Crippen LogP contribution in [0.3, 0.4) is 0 Å². The summed E-state index contributed by atoms with van der Waals surface area (Å²) in [7, 11) is 2.01. The van der Waals surface area contributed by atoms with Crippen molar-refractivity contribution >= 4 is 51.4 Å². The van der Waals surface area contributed by atoms with Gasteiger partial charge in [-0.25, -0.2) is 4.79 Å². The molecule has 0 bridgehead atoms. The number of hydrogen-bond acceptors (Lipinski definition) is 3. The molecule has 3 rings (SSSR count). The zero-order chi connectivity index (χ0) is 12.9. The summed E-state index contributed by atoms with van der Waals surface area (Å²) in [5.74, 6) is -0.844. The van der Waals surface area contributed by atoms with Gasteiger partial charge in [0.05, 0.1) is 0 Å². The Labute approximate surface area is 126 Å². The van der Waals surface area contributed by atoms with Crippen molar-refractivity contribution in [2.45, 2.75) is 13.0 Å². The lowest BCUT2D eigenvalue weighted by molar-refractivity contribution is 0.0700. The Balaban J connectivity index is 0.00000133. The van der Waals surface area contributed by atoms with Crippen LogP contribution in [-0.4, -0.2) is 29.6 Å². The van der Waals surface area contributed by atoms with E-state index in [9.17, 15) is 9.90 Å². The highest BCUT2D eigenvalue weighted by Gasteiger charge is 2.24. The fourth-order valence-corrected chi connectivity index (χ4v) is 3.86. The first-order valence-corrected chi connectivity index (χ1v) is 6.92. The SMILES string of the molecule is CN1CCc2c(Cl)ccc3sc(C(=O)O)c(c23)C1.Cl. The van der Waals surface area contributed by atoms with Gasteiger partial charge in [0.15, 0.2) is 0 Å². The van der Waals surface area contributed by atoms with Crippen LogP contribution in [0.1, 0.15) is 20.8 Å². The monoisotopic (exact) mass is 317 g/mol. The van der Waals surface area contributed by atoms with Crippen molar-refractivity contribution in [3.63, 3.8) is 0 Å². The van der Waals surface area contributed by atoms with Crippen LogP contribution in [0.25, 0.3) is 10.1 Å². The second-order valence-electron chi connectivity index (χ2n) is 4.60. The smallest absolute Gasteiger partial charge is 0.346 e. The molecule has 1 N–H and O–H groups in total. The summed E-state index contributed by atoms with van der Waals surface area (Å²) in [6.45, 7) is 1.58. The number of hydrogen-bond donors (Lipinski definition) is 1. The zero-order valence-corrected chi connectivity index (χ0v) is 12.7. The molecule has 0 spiro atoms. The van der Waals surface area contributed by atoms with E-state index in [1.54, 1.807) is 0 Å². The summed E-state index contributed by atoms with van der Waals surface area (Å²) in [5.41, 5.74) is 2.01. The van der Waals surface area contributed by atoms with Gasteiger partial charge in [0, 0.05) is 28.2 Å². The van der Waals surface area contributed by atoms with E-state index in [4.69, 9.17) is 11.6 Å². The van der Waals surface area contributed by atoms with E-state index in [0.717, 1.165) is 39.2 Å². The van der Waals surface area contributed by atoms with Gasteiger partial charge >= 0.3 is 5.97 Å². The molecule has 0 unspecified atom stereocenters. The van der Waals surface area contributed by atoms with Gasteiger partial charge in [0.1, 0.15) is 4.88 Å². The number of carboxylic acid groups (broad SMARTS) is 1. The molecule has 3 nitrogen and oxygen atoms in total. The Bertz CT molecular complexity index is 654. The lowest BCUT2D eigenvalue weighted by Crippen LogP contribution is -2.19. The molecule has 19 heavy (non-hydrogen) atoms. The van der Waals surface area contributed by atoms with Crippen LogP contribution < -0.4 is 0 Å². The van der Waals surface area contributed by atoms with E-state index in [2.05, 4.69) is 4.90 Å². The molecule has 1 aromatic carbocycles. The van der Waals surface area contributed by atoms with Gasteiger partial charge in [-0.15, -0.1) is 23.7 Å². The number of halogens is 2. The summed E-state index contributed by atoms with van der Waals surface area (Å²) in [4.78, 5) is 13.9. The maximum absolute atomic E-state index is 11.3. The standard InChI is InChI=1S/C13H12ClNO2S.ClH/c1-15-5-4-7-9(14)2-3-10-11(7)8(6-15)12(18-10)13(16)17;/h2-3H,4-6H2,1H3,(H,16,17);1H. The van der Waals surface area contributed by atoms with Crippen molar-refractivity contribution in [2.24, 2.45) is 0 Å². The molecule has 0 radical (unpaired) electrons. The van der Waals surface area contributed by atoms with Crippen molar-refractivity contribution in [1.82, 2.24) is 4.90 Å². The minimum Gasteiger partial charge on any atom is -0.477 e. The number of carbonyl (C=O) groups is 1. The van der Waals surface area contributed by atoms with Gasteiger partial charge in [-0.1, -0.05) is 11.6 Å². The minimum absolute atomic E-state index is 0. The molecule has 0 saturated carbocycles. The molecule has 0 amide bonds. The average molecular weight is 318 g/mol. The summed E-state index contributed by atoms with van der Waals surface area (Å²) in [6.07, 6.45) is 0.871. The summed E-state index contributed by atoms with van der Waals surface area (Å²) in [5, 5.41) is 11.1. The van der Waals surface area contributed by atoms with E-state index in [1.807, 2.05) is 19.2 Å². The number of benzene rings is 1. The first-order valence-electron chi connectivity index (χ1n) is 5.72. The van der Waals surface area contributed by atoms with Crippen LogP contribution >= 0.6 is 35.3 Å². The normalized spacial score (nSPS) is 15.1. The van der Waals surface area contributed by atoms with Crippen LogP contribution in [0.15, 0.2) is 12.1 Å². The van der Waals surface area contributed by atoms with Crippen LogP contribution in [0.5, 0.6) is 0 Å². The highest BCUT2D eigenvalue weighted by atomic mass is 35.5. The lowest BCUT2D eigenvalue weighted by Gasteiger charge is -2.13. The van der Waals surface area contributed by atoms with E-state index in [-0.39, 0.29) is 12.4 Å². The third-order valence-corrected chi connectivity index (χ3v) is 4.91. The Morgan fingerprint density at radius 1 is 1.42 bits per heavy atom. The topological polar surface area (TPSA) is 40.5 Å². The van der Waals surface area contributed by atoms with E-state index < -0.39 is 5.97 Å². The maximum Gasteiger partial charge on any atom is 0.346 e. The van der Waals surface area contributed by atoms with Gasteiger partial charge in [0.25, 0.3) is 0 Å². The molecule has 1 aromatic heterocycles. The van der Waals surface area contributed by atoms with Gasteiger partial charge in [-0.05, 0) is 36.7 Å². The van der Waals surface area contributed by atoms with E-state index in [0.29, 0.717) is 11.4 Å². The predicted molar refractivity (Wildman–Crippen MR) is 81.1 cm³/mol. The van der Waals surface area contributed by atoms with Gasteiger partial charge in [-0.3, -0.25) is 0 Å². The maximum atomic E-state index is 11.3. The molecular formula is C13H13Cl2NO2S. The molecule has 2 heterocycles. The molecule has 0 saturated heterocycles. The Hall–Kier alpha value is -0.810. The van der Waals surface area contributed by atoms with Gasteiger partial charge in [-0.2, -0.15) is 0 Å². The fraction of sp³-hybridized carbons (Fsp3) is 0.308. The number of rotatable bonds is 1. The Morgan fingerprint density at radius 3 is 2.84 bits per heavy atom. The largest absolute Gasteiger partial charge is 0.477 e. The van der Waals surface area contributed by atoms with Gasteiger partial charge in [0.2, 0.25) is 0 Å². The highest BCUT2D eigenvalue weighted by Crippen LogP contribution is 2.39. The Morgan fingerprint density at radius 2 is 2.16 bits per heavy atom. The van der Waals surface area contributed by atoms with E-state index in [1.165, 1.54) is 11.3 Å². The number of thiophene rings is 1. The molecular weight excluding hydrogens is 305 g/mol. The van der Waals surface area contributed by atoms with E-state index >= 15 is 0 Å². The molecule has 6 heteroatoms. The zero-order valence-electron chi connectivity index (χ0n) is 10.3. The second-order valence-corrected chi connectivity index (χ2v) is 6.06. The van der Waals surface area contributed by atoms with Crippen molar-refractivity contribution in [1.29, 1.82) is 0 Å². The van der Waals surface area contributed by atoms with Crippen molar-refractivity contribution < 1.29 is 9.90 Å². The summed E-state index contributed by atoms with van der Waals surface area (Å²) in [6, 6.07) is 3.80. The predicted octanol–water partition coefficient (Wildman–Crippen LogP) is 3.66. The molecule has 0 aliphatic carbocycles. The molecule has 2 aromatic rings. The first kappa shape index (κ1) is 14.6. The van der Waals surface area contributed by atoms with Crippen LogP contribution in [0.4, 0.5) is 0 Å². The highest BCUT2D eigenvalue weighted by molar-refractivity contribution is 7.21. The summed E-state index contributed by atoms with van der Waals surface area (Å²) >= 11 is 7.60. The van der Waals surface area contributed by atoms with Crippen LogP contribution in [0, 0.1) is 0 Å². The fourth-order valence-electron chi connectivity index (χ4n) is 2.52. The molecule has 102 valence electrons. The Kier molecular flexibility index (Phi) is 4.06. The number of nitrogens with zero attached hydrogens (tertiary/aromatic N) is 1. The molecule has 1 aliphatic heterocycles. The first-order chi connectivity index (χ1) is 8.58. The molecule has 0 fully saturated rings. The van der Waals surface area contributed by atoms with Crippen molar-refractivity contribution in [3.8, 4) is 0 Å². The number of likely N-dealkylation sites (N-methyl/N-ethyl adjacent to an activating group) is 1. The van der Waals surface area contributed by atoms with Crippen LogP contribution in [-0.2, 0) is 13.0 Å². The lowest BCUT2D eigenvalue weighted by atomic mass is 10.0. The number of aromatic carboxylic acids is 1. The third-order valence-electron chi connectivity index (χ3n) is 3.37. The van der Waals surface area contributed by atoms with Crippen molar-refractivity contribution in [2.75, 3.05) is 13.6 Å². The number of carboxylic acids is 1. The average Bonchev–Trinajstić information content (AvgIpc) is 2.57. The third kappa shape index (κ3) is 2.34. The van der Waals surface area contributed by atoms with Crippen molar-refractivity contribution in [3.05, 3.63) is 33.2 Å². The molecule has 1 aliphatic rings. The second kappa shape index (κ2) is 5.29. The quantitative estimate of drug-likeness (QED) is 0.872. The summed E-state index contributed by atoms with van der Waals surface area (Å²) < 4.78 is 1.03. The minimum atomic E-state index is -0.844.